The van der Waals surface area contributed by atoms with Crippen molar-refractivity contribution in [1.29, 1.82) is 0 Å². The molecule has 0 radical (unpaired) electrons. The summed E-state index contributed by atoms with van der Waals surface area (Å²) in [4.78, 5) is 21.5. The van der Waals surface area contributed by atoms with Crippen LogP contribution in [-0.4, -0.2) is 37.2 Å². The number of nitrogens with zero attached hydrogens (tertiary/aromatic N) is 2. The quantitative estimate of drug-likeness (QED) is 0.898. The molecular weight excluding hydrogens is 346 g/mol. The number of hydrogen-bond donors (Lipinski definition) is 1. The van der Waals surface area contributed by atoms with Crippen molar-refractivity contribution in [3.63, 3.8) is 0 Å². The minimum atomic E-state index is 0.0225. The molecule has 2 aliphatic rings. The van der Waals surface area contributed by atoms with Crippen LogP contribution in [-0.2, 0) is 24.1 Å². The van der Waals surface area contributed by atoms with E-state index < -0.39 is 0 Å². The molecule has 1 aliphatic heterocycles. The summed E-state index contributed by atoms with van der Waals surface area (Å²) in [5.41, 5.74) is 2.39. The number of hydrogen-bond acceptors (Lipinski definition) is 5. The summed E-state index contributed by atoms with van der Waals surface area (Å²) in [5, 5.41) is 3.03. The van der Waals surface area contributed by atoms with Gasteiger partial charge in [-0.05, 0) is 48.4 Å². The number of fused-ring (bicyclic) bond motifs is 1. The highest BCUT2D eigenvalue weighted by Gasteiger charge is 2.20. The highest BCUT2D eigenvalue weighted by atomic mass is 32.1. The molecule has 138 valence electrons. The van der Waals surface area contributed by atoms with E-state index in [-0.39, 0.29) is 5.91 Å². The summed E-state index contributed by atoms with van der Waals surface area (Å²) >= 11 is 1.66. The first-order chi connectivity index (χ1) is 12.7. The molecule has 1 unspecified atom stereocenters. The molecule has 1 amide bonds. The average molecular weight is 372 g/mol. The van der Waals surface area contributed by atoms with Crippen molar-refractivity contribution >= 4 is 23.1 Å². The third kappa shape index (κ3) is 3.91. The Morgan fingerprint density at radius 1 is 1.38 bits per heavy atom. The van der Waals surface area contributed by atoms with E-state index in [0.717, 1.165) is 61.3 Å². The minimum absolute atomic E-state index is 0.0225. The Morgan fingerprint density at radius 3 is 3.00 bits per heavy atom. The van der Waals surface area contributed by atoms with E-state index in [1.165, 1.54) is 16.9 Å². The van der Waals surface area contributed by atoms with Gasteiger partial charge in [0.25, 0.3) is 5.91 Å². The number of amides is 1. The van der Waals surface area contributed by atoms with Crippen LogP contribution in [0.25, 0.3) is 0 Å². The van der Waals surface area contributed by atoms with E-state index in [1.807, 2.05) is 18.3 Å². The number of carbonyl (C=O) groups excluding carboxylic acids is 1. The van der Waals surface area contributed by atoms with Gasteiger partial charge in [-0.2, -0.15) is 0 Å². The number of aromatic nitrogens is 1. The zero-order valence-electron chi connectivity index (χ0n) is 15.2. The van der Waals surface area contributed by atoms with Crippen LogP contribution in [0.1, 0.15) is 39.0 Å². The summed E-state index contributed by atoms with van der Waals surface area (Å²) in [7, 11) is 0. The molecule has 6 heteroatoms. The SMILES string of the molecule is CC1CCc2sc(C(=O)NCc3ccc(N4CCOCC4)nc3)cc2C1. The summed E-state index contributed by atoms with van der Waals surface area (Å²) in [6.45, 7) is 6.06. The topological polar surface area (TPSA) is 54.5 Å². The van der Waals surface area contributed by atoms with Crippen LogP contribution in [0.2, 0.25) is 0 Å². The van der Waals surface area contributed by atoms with Gasteiger partial charge in [-0.3, -0.25) is 4.79 Å². The van der Waals surface area contributed by atoms with E-state index in [0.29, 0.717) is 6.54 Å². The number of pyridine rings is 1. The molecule has 1 saturated heterocycles. The molecule has 1 aliphatic carbocycles. The lowest BCUT2D eigenvalue weighted by atomic mass is 9.90. The van der Waals surface area contributed by atoms with Gasteiger partial charge < -0.3 is 15.0 Å². The Bertz CT molecular complexity index is 766. The number of aryl methyl sites for hydroxylation is 1. The molecule has 5 nitrogen and oxygen atoms in total. The Kier molecular flexibility index (Phi) is 5.22. The number of anilines is 1. The Labute approximate surface area is 158 Å². The largest absolute Gasteiger partial charge is 0.378 e. The fourth-order valence-corrected chi connectivity index (χ4v) is 4.71. The second kappa shape index (κ2) is 7.76. The van der Waals surface area contributed by atoms with E-state index in [2.05, 4.69) is 28.2 Å². The van der Waals surface area contributed by atoms with Gasteiger partial charge in [-0.25, -0.2) is 4.98 Å². The van der Waals surface area contributed by atoms with Crippen LogP contribution in [0.15, 0.2) is 24.4 Å². The van der Waals surface area contributed by atoms with Crippen molar-refractivity contribution < 1.29 is 9.53 Å². The predicted octanol–water partition coefficient (Wildman–Crippen LogP) is 3.03. The number of rotatable bonds is 4. The van der Waals surface area contributed by atoms with Crippen LogP contribution in [0, 0.1) is 5.92 Å². The normalized spacial score (nSPS) is 19.9. The molecule has 4 rings (SSSR count). The monoisotopic (exact) mass is 371 g/mol. The van der Waals surface area contributed by atoms with Crippen molar-refractivity contribution in [2.45, 2.75) is 32.7 Å². The zero-order valence-corrected chi connectivity index (χ0v) is 16.0. The van der Waals surface area contributed by atoms with Gasteiger partial charge in [-0.15, -0.1) is 11.3 Å². The number of morpholine rings is 1. The fourth-order valence-electron chi connectivity index (χ4n) is 3.59. The molecule has 3 heterocycles. The minimum Gasteiger partial charge on any atom is -0.378 e. The first-order valence-corrected chi connectivity index (χ1v) is 10.2. The second-order valence-corrected chi connectivity index (χ2v) is 8.35. The number of carbonyl (C=O) groups is 1. The molecule has 0 aromatic carbocycles. The van der Waals surface area contributed by atoms with Gasteiger partial charge in [-0.1, -0.05) is 13.0 Å². The lowest BCUT2D eigenvalue weighted by Gasteiger charge is -2.27. The van der Waals surface area contributed by atoms with Gasteiger partial charge in [0, 0.05) is 30.7 Å². The zero-order chi connectivity index (χ0) is 17.9. The average Bonchev–Trinajstić information content (AvgIpc) is 3.10. The van der Waals surface area contributed by atoms with Gasteiger partial charge in [0.15, 0.2) is 0 Å². The molecule has 26 heavy (non-hydrogen) atoms. The summed E-state index contributed by atoms with van der Waals surface area (Å²) in [6, 6.07) is 6.15. The van der Waals surface area contributed by atoms with Gasteiger partial charge >= 0.3 is 0 Å². The van der Waals surface area contributed by atoms with Crippen molar-refractivity contribution in [3.8, 4) is 0 Å². The van der Waals surface area contributed by atoms with Gasteiger partial charge in [0.1, 0.15) is 5.82 Å². The summed E-state index contributed by atoms with van der Waals surface area (Å²) in [5.74, 6) is 1.72. The smallest absolute Gasteiger partial charge is 0.261 e. The van der Waals surface area contributed by atoms with E-state index in [9.17, 15) is 4.79 Å². The number of ether oxygens (including phenoxy) is 1. The van der Waals surface area contributed by atoms with E-state index >= 15 is 0 Å². The van der Waals surface area contributed by atoms with Gasteiger partial charge in [0.2, 0.25) is 0 Å². The van der Waals surface area contributed by atoms with Crippen molar-refractivity contribution in [2.75, 3.05) is 31.2 Å². The number of nitrogens with one attached hydrogen (secondary N) is 1. The predicted molar refractivity (Wildman–Crippen MR) is 104 cm³/mol. The maximum Gasteiger partial charge on any atom is 0.261 e. The van der Waals surface area contributed by atoms with E-state index in [4.69, 9.17) is 4.74 Å². The molecule has 0 bridgehead atoms. The third-order valence-corrected chi connectivity index (χ3v) is 6.39. The molecular formula is C20H25N3O2S. The lowest BCUT2D eigenvalue weighted by molar-refractivity contribution is 0.0955. The molecule has 0 spiro atoms. The van der Waals surface area contributed by atoms with Crippen LogP contribution < -0.4 is 10.2 Å². The molecule has 0 saturated carbocycles. The van der Waals surface area contributed by atoms with Crippen molar-refractivity contribution in [3.05, 3.63) is 45.3 Å². The van der Waals surface area contributed by atoms with Crippen molar-refractivity contribution in [2.24, 2.45) is 5.92 Å². The highest BCUT2D eigenvalue weighted by Crippen LogP contribution is 2.32. The number of thiophene rings is 1. The van der Waals surface area contributed by atoms with Crippen LogP contribution in [0.5, 0.6) is 0 Å². The Hall–Kier alpha value is -1.92. The van der Waals surface area contributed by atoms with Gasteiger partial charge in [0.05, 0.1) is 18.1 Å². The Balaban J connectivity index is 1.34. The van der Waals surface area contributed by atoms with E-state index in [1.54, 1.807) is 11.3 Å². The molecule has 2 aromatic heterocycles. The Morgan fingerprint density at radius 2 is 2.23 bits per heavy atom. The molecule has 2 aromatic rings. The maximum absolute atomic E-state index is 12.5. The van der Waals surface area contributed by atoms with Crippen LogP contribution in [0.4, 0.5) is 5.82 Å². The lowest BCUT2D eigenvalue weighted by Crippen LogP contribution is -2.36. The third-order valence-electron chi connectivity index (χ3n) is 5.15. The fraction of sp³-hybridized carbons (Fsp3) is 0.500. The molecule has 1 N–H and O–H groups in total. The summed E-state index contributed by atoms with van der Waals surface area (Å²) in [6.07, 6.45) is 5.30. The first kappa shape index (κ1) is 17.5. The highest BCUT2D eigenvalue weighted by molar-refractivity contribution is 7.14. The maximum atomic E-state index is 12.5. The molecule has 1 atom stereocenters. The second-order valence-electron chi connectivity index (χ2n) is 7.21. The van der Waals surface area contributed by atoms with Crippen LogP contribution >= 0.6 is 11.3 Å². The summed E-state index contributed by atoms with van der Waals surface area (Å²) < 4.78 is 5.37. The molecule has 1 fully saturated rings. The van der Waals surface area contributed by atoms with Crippen LogP contribution in [0.3, 0.4) is 0 Å². The first-order valence-electron chi connectivity index (χ1n) is 9.36. The van der Waals surface area contributed by atoms with Crippen molar-refractivity contribution in [1.82, 2.24) is 10.3 Å². The standard InChI is InChI=1S/C20H25N3O2S/c1-14-2-4-17-16(10-14)11-18(26-17)20(24)22-13-15-3-5-19(21-12-15)23-6-8-25-9-7-23/h3,5,11-12,14H,2,4,6-10,13H2,1H3,(H,22,24).